The predicted molar refractivity (Wildman–Crippen MR) is 49.8 cm³/mol. The van der Waals surface area contributed by atoms with Gasteiger partial charge < -0.3 is 0 Å². The van der Waals surface area contributed by atoms with Gasteiger partial charge in [0.1, 0.15) is 0 Å². The molecule has 1 atom stereocenters. The third-order valence-corrected chi connectivity index (χ3v) is 1.98. The van der Waals surface area contributed by atoms with Gasteiger partial charge in [0.2, 0.25) is 0 Å². The van der Waals surface area contributed by atoms with E-state index in [1.165, 1.54) is 11.1 Å². The van der Waals surface area contributed by atoms with Crippen molar-refractivity contribution in [2.45, 2.75) is 6.92 Å². The Morgan fingerprint density at radius 3 is 2.40 bits per heavy atom. The van der Waals surface area contributed by atoms with Gasteiger partial charge in [-0.3, -0.25) is 0 Å². The molecule has 0 aliphatic carbocycles. The molecule has 0 nitrogen and oxygen atoms in total. The average molecular weight is 150 g/mol. The fourth-order valence-corrected chi connectivity index (χ4v) is 0.990. The van der Waals surface area contributed by atoms with Crippen molar-refractivity contribution in [2.24, 2.45) is 0 Å². The molecule has 0 bridgehead atoms. The first-order valence-electron chi connectivity index (χ1n) is 3.28. The quantitative estimate of drug-likeness (QED) is 0.540. The van der Waals surface area contributed by atoms with Gasteiger partial charge in [0, 0.05) is 0 Å². The summed E-state index contributed by atoms with van der Waals surface area (Å²) < 4.78 is 0. The molecule has 52 valence electrons. The Kier molecular flexibility index (Phi) is 2.65. The Labute approximate surface area is 64.2 Å². The Morgan fingerprint density at radius 2 is 1.90 bits per heavy atom. The van der Waals surface area contributed by atoms with Gasteiger partial charge in [0.05, 0.1) is 0 Å². The summed E-state index contributed by atoms with van der Waals surface area (Å²) in [4.78, 5) is 0. The Balaban J connectivity index is 2.96. The summed E-state index contributed by atoms with van der Waals surface area (Å²) in [6.45, 7) is 2.10. The standard InChI is InChI=1S/C9H11P/c1-8(7-10)9-5-3-2-4-6-9/h2-7H,10H2,1H3. The summed E-state index contributed by atoms with van der Waals surface area (Å²) in [5.74, 6) is 2.04. The first-order chi connectivity index (χ1) is 4.84. The van der Waals surface area contributed by atoms with Crippen LogP contribution in [0.4, 0.5) is 0 Å². The van der Waals surface area contributed by atoms with E-state index in [4.69, 9.17) is 0 Å². The molecule has 0 spiro atoms. The lowest BCUT2D eigenvalue weighted by Crippen LogP contribution is -1.74. The predicted octanol–water partition coefficient (Wildman–Crippen LogP) is 2.92. The van der Waals surface area contributed by atoms with Crippen LogP contribution in [-0.4, -0.2) is 0 Å². The maximum absolute atomic E-state index is 2.61. The monoisotopic (exact) mass is 150 g/mol. The molecule has 0 aromatic heterocycles. The second-order valence-corrected chi connectivity index (χ2v) is 2.55. The second-order valence-electron chi connectivity index (χ2n) is 2.22. The summed E-state index contributed by atoms with van der Waals surface area (Å²) in [6.07, 6.45) is 0. The Bertz CT molecular complexity index is 224. The highest BCUT2D eigenvalue weighted by Gasteiger charge is 1.88. The van der Waals surface area contributed by atoms with Crippen molar-refractivity contribution in [3.8, 4) is 0 Å². The van der Waals surface area contributed by atoms with Crippen LogP contribution in [0.3, 0.4) is 0 Å². The summed E-state index contributed by atoms with van der Waals surface area (Å²) >= 11 is 0. The van der Waals surface area contributed by atoms with Crippen molar-refractivity contribution in [1.29, 1.82) is 0 Å². The lowest BCUT2D eigenvalue weighted by Gasteiger charge is -1.97. The average Bonchev–Trinajstić information content (AvgIpc) is 2.05. The molecule has 0 aliphatic rings. The molecule has 10 heavy (non-hydrogen) atoms. The van der Waals surface area contributed by atoms with Crippen molar-refractivity contribution < 1.29 is 0 Å². The number of rotatable bonds is 1. The largest absolute Gasteiger partial charge is 0.113 e. The number of benzene rings is 1. The Morgan fingerprint density at radius 1 is 1.30 bits per heavy atom. The first-order valence-corrected chi connectivity index (χ1v) is 3.95. The molecule has 0 heterocycles. The van der Waals surface area contributed by atoms with Crippen LogP contribution in [0.25, 0.3) is 5.57 Å². The zero-order valence-electron chi connectivity index (χ0n) is 6.04. The molecule has 0 aliphatic heterocycles. The van der Waals surface area contributed by atoms with Crippen molar-refractivity contribution in [2.75, 3.05) is 0 Å². The van der Waals surface area contributed by atoms with Crippen LogP contribution in [0, 0.1) is 0 Å². The summed E-state index contributed by atoms with van der Waals surface area (Å²) in [6, 6.07) is 10.3. The van der Waals surface area contributed by atoms with E-state index >= 15 is 0 Å². The smallest absolute Gasteiger partial charge is 0.0227 e. The molecule has 0 amide bonds. The highest BCUT2D eigenvalue weighted by atomic mass is 31.0. The lowest BCUT2D eigenvalue weighted by atomic mass is 10.1. The molecule has 0 saturated heterocycles. The van der Waals surface area contributed by atoms with Crippen LogP contribution in [-0.2, 0) is 0 Å². The van der Waals surface area contributed by atoms with Crippen LogP contribution in [0.5, 0.6) is 0 Å². The number of allylic oxidation sites excluding steroid dienone is 1. The zero-order chi connectivity index (χ0) is 7.40. The van der Waals surface area contributed by atoms with Crippen LogP contribution in [0.1, 0.15) is 12.5 Å². The van der Waals surface area contributed by atoms with Gasteiger partial charge >= 0.3 is 0 Å². The van der Waals surface area contributed by atoms with E-state index in [1.54, 1.807) is 0 Å². The van der Waals surface area contributed by atoms with Crippen molar-refractivity contribution >= 4 is 14.8 Å². The van der Waals surface area contributed by atoms with Gasteiger partial charge in [0.15, 0.2) is 0 Å². The van der Waals surface area contributed by atoms with E-state index in [-0.39, 0.29) is 0 Å². The SMILES string of the molecule is CC(=CP)c1ccccc1. The van der Waals surface area contributed by atoms with E-state index in [0.717, 1.165) is 0 Å². The summed E-state index contributed by atoms with van der Waals surface area (Å²) in [5.41, 5.74) is 2.59. The number of hydrogen-bond donors (Lipinski definition) is 0. The maximum atomic E-state index is 2.61. The minimum absolute atomic E-state index is 1.29. The minimum atomic E-state index is 1.29. The third kappa shape index (κ3) is 1.68. The van der Waals surface area contributed by atoms with Gasteiger partial charge in [0.25, 0.3) is 0 Å². The highest BCUT2D eigenvalue weighted by Crippen LogP contribution is 2.13. The molecule has 0 radical (unpaired) electrons. The third-order valence-electron chi connectivity index (χ3n) is 1.48. The number of hydrogen-bond acceptors (Lipinski definition) is 0. The van der Waals surface area contributed by atoms with Gasteiger partial charge in [-0.25, -0.2) is 0 Å². The molecule has 0 N–H and O–H groups in total. The fraction of sp³-hybridized carbons (Fsp3) is 0.111. The van der Waals surface area contributed by atoms with Gasteiger partial charge in [-0.15, -0.1) is 9.24 Å². The molecular formula is C9H11P. The molecular weight excluding hydrogens is 139 g/mol. The Hall–Kier alpha value is -0.610. The first kappa shape index (κ1) is 7.50. The molecule has 1 unspecified atom stereocenters. The van der Waals surface area contributed by atoms with Crippen molar-refractivity contribution in [1.82, 2.24) is 0 Å². The van der Waals surface area contributed by atoms with Crippen LogP contribution < -0.4 is 0 Å². The van der Waals surface area contributed by atoms with Crippen LogP contribution in [0.15, 0.2) is 36.1 Å². The summed E-state index contributed by atoms with van der Waals surface area (Å²) in [5, 5.41) is 0. The zero-order valence-corrected chi connectivity index (χ0v) is 7.20. The molecule has 1 aromatic carbocycles. The fourth-order valence-electron chi connectivity index (χ4n) is 0.797. The maximum Gasteiger partial charge on any atom is -0.0227 e. The topological polar surface area (TPSA) is 0 Å². The van der Waals surface area contributed by atoms with Crippen LogP contribution >= 0.6 is 9.24 Å². The van der Waals surface area contributed by atoms with Gasteiger partial charge in [-0.2, -0.15) is 0 Å². The van der Waals surface area contributed by atoms with E-state index in [2.05, 4.69) is 28.3 Å². The molecule has 1 heteroatoms. The van der Waals surface area contributed by atoms with Gasteiger partial charge in [-0.05, 0) is 18.1 Å². The normalized spacial score (nSPS) is 11.6. The molecule has 0 saturated carbocycles. The molecule has 0 fully saturated rings. The van der Waals surface area contributed by atoms with Crippen molar-refractivity contribution in [3.63, 3.8) is 0 Å². The molecule has 1 aromatic rings. The lowest BCUT2D eigenvalue weighted by molar-refractivity contribution is 1.58. The van der Waals surface area contributed by atoms with E-state index in [0.29, 0.717) is 0 Å². The minimum Gasteiger partial charge on any atom is -0.113 e. The van der Waals surface area contributed by atoms with E-state index in [9.17, 15) is 0 Å². The van der Waals surface area contributed by atoms with Gasteiger partial charge in [-0.1, -0.05) is 36.1 Å². The molecule has 1 rings (SSSR count). The van der Waals surface area contributed by atoms with Crippen LogP contribution in [0.2, 0.25) is 0 Å². The van der Waals surface area contributed by atoms with Crippen molar-refractivity contribution in [3.05, 3.63) is 41.7 Å². The van der Waals surface area contributed by atoms with E-state index in [1.807, 2.05) is 24.0 Å². The second kappa shape index (κ2) is 3.53. The highest BCUT2D eigenvalue weighted by molar-refractivity contribution is 7.21. The summed E-state index contributed by atoms with van der Waals surface area (Å²) in [7, 11) is 2.61. The van der Waals surface area contributed by atoms with E-state index < -0.39 is 0 Å².